The first-order chi connectivity index (χ1) is 13.2. The number of hydrogen-bond donors (Lipinski definition) is 2. The maximum atomic E-state index is 14.5. The molecule has 0 spiro atoms. The lowest BCUT2D eigenvalue weighted by molar-refractivity contribution is 0.0691. The lowest BCUT2D eigenvalue weighted by Crippen LogP contribution is -2.40. The first kappa shape index (κ1) is 21.8. The Hall–Kier alpha value is -1.90. The number of anilines is 1. The fourth-order valence-electron chi connectivity index (χ4n) is 4.00. The van der Waals surface area contributed by atoms with Crippen LogP contribution in [0.4, 0.5) is 10.3 Å². The molecule has 1 fully saturated rings. The van der Waals surface area contributed by atoms with Crippen molar-refractivity contribution in [3.63, 3.8) is 0 Å². The molecular weight excluding hydrogens is 413 g/mol. The van der Waals surface area contributed by atoms with Gasteiger partial charge >= 0.3 is 0 Å². The number of aromatic nitrogens is 2. The van der Waals surface area contributed by atoms with Crippen LogP contribution >= 0.6 is 24.2 Å². The highest BCUT2D eigenvalue weighted by molar-refractivity contribution is 8.13. The number of amidine groups is 1. The van der Waals surface area contributed by atoms with Crippen molar-refractivity contribution in [2.45, 2.75) is 31.9 Å². The molecule has 2 aromatic rings. The third-order valence-electron chi connectivity index (χ3n) is 5.43. The Labute approximate surface area is 180 Å². The summed E-state index contributed by atoms with van der Waals surface area (Å²) in [6, 6.07) is 10.1. The van der Waals surface area contributed by atoms with Crippen LogP contribution in [-0.4, -0.2) is 39.1 Å². The van der Waals surface area contributed by atoms with Gasteiger partial charge in [0.2, 0.25) is 5.95 Å². The standard InChI is InChI=1S/C20H24FN5OS.ClH/c1-12-15(21)16(19(2,3)27)24-18(23-12)26-9-14-10-28-17(22)25-20(14,11-26)13-7-5-4-6-8-13;/h4-8,14,27H,9-11H2,1-3H3,(H2,22,25);1H/t14-,20+;/m0./s1. The molecule has 156 valence electrons. The van der Waals surface area contributed by atoms with E-state index in [0.717, 1.165) is 11.3 Å². The largest absolute Gasteiger partial charge is 0.384 e. The molecule has 0 aliphatic carbocycles. The summed E-state index contributed by atoms with van der Waals surface area (Å²) in [5, 5.41) is 10.9. The molecule has 0 radical (unpaired) electrons. The number of nitrogens with zero attached hydrogens (tertiary/aromatic N) is 4. The normalized spacial score (nSPS) is 24.0. The average molecular weight is 438 g/mol. The lowest BCUT2D eigenvalue weighted by atomic mass is 9.82. The predicted octanol–water partition coefficient (Wildman–Crippen LogP) is 2.97. The summed E-state index contributed by atoms with van der Waals surface area (Å²) in [7, 11) is 0. The quantitative estimate of drug-likeness (QED) is 0.767. The summed E-state index contributed by atoms with van der Waals surface area (Å²) < 4.78 is 14.5. The van der Waals surface area contributed by atoms with Crippen LogP contribution in [0.2, 0.25) is 0 Å². The number of halogens is 2. The number of benzene rings is 1. The van der Waals surface area contributed by atoms with Gasteiger partial charge in [-0.1, -0.05) is 42.1 Å². The molecule has 2 atom stereocenters. The zero-order valence-corrected chi connectivity index (χ0v) is 18.2. The van der Waals surface area contributed by atoms with E-state index in [4.69, 9.17) is 10.7 Å². The van der Waals surface area contributed by atoms with Gasteiger partial charge in [0.25, 0.3) is 0 Å². The van der Waals surface area contributed by atoms with Gasteiger partial charge in [-0.05, 0) is 26.3 Å². The summed E-state index contributed by atoms with van der Waals surface area (Å²) in [6.45, 7) is 5.89. The Bertz CT molecular complexity index is 936. The van der Waals surface area contributed by atoms with Crippen LogP contribution in [0, 0.1) is 18.7 Å². The zero-order valence-electron chi connectivity index (χ0n) is 16.6. The Morgan fingerprint density at radius 2 is 1.97 bits per heavy atom. The van der Waals surface area contributed by atoms with Crippen molar-refractivity contribution in [1.29, 1.82) is 0 Å². The summed E-state index contributed by atoms with van der Waals surface area (Å²) in [5.74, 6) is 0.925. The zero-order chi connectivity index (χ0) is 20.1. The van der Waals surface area contributed by atoms with Crippen molar-refractivity contribution < 1.29 is 9.50 Å². The Morgan fingerprint density at radius 3 is 2.62 bits per heavy atom. The minimum absolute atomic E-state index is 0. The average Bonchev–Trinajstić information content (AvgIpc) is 3.03. The van der Waals surface area contributed by atoms with E-state index in [1.807, 2.05) is 23.1 Å². The third kappa shape index (κ3) is 3.81. The van der Waals surface area contributed by atoms with Crippen LogP contribution in [0.1, 0.15) is 30.8 Å². The van der Waals surface area contributed by atoms with E-state index in [1.54, 1.807) is 18.7 Å². The van der Waals surface area contributed by atoms with Crippen LogP contribution in [0.3, 0.4) is 0 Å². The van der Waals surface area contributed by atoms with Gasteiger partial charge in [0, 0.05) is 18.2 Å². The number of hydrogen-bond acceptors (Lipinski definition) is 7. The minimum Gasteiger partial charge on any atom is -0.384 e. The highest BCUT2D eigenvalue weighted by Gasteiger charge is 2.50. The first-order valence-electron chi connectivity index (χ1n) is 9.26. The van der Waals surface area contributed by atoms with Crippen molar-refractivity contribution in [1.82, 2.24) is 9.97 Å². The fraction of sp³-hybridized carbons (Fsp3) is 0.450. The molecule has 3 heterocycles. The third-order valence-corrected chi connectivity index (χ3v) is 6.39. The molecule has 0 unspecified atom stereocenters. The van der Waals surface area contributed by atoms with Crippen LogP contribution in [0.15, 0.2) is 35.3 Å². The lowest BCUT2D eigenvalue weighted by Gasteiger charge is -2.34. The van der Waals surface area contributed by atoms with E-state index >= 15 is 0 Å². The van der Waals surface area contributed by atoms with Gasteiger partial charge in [-0.3, -0.25) is 0 Å². The Morgan fingerprint density at radius 1 is 1.28 bits per heavy atom. The maximum Gasteiger partial charge on any atom is 0.226 e. The van der Waals surface area contributed by atoms with E-state index in [2.05, 4.69) is 22.1 Å². The molecule has 29 heavy (non-hydrogen) atoms. The molecule has 3 N–H and O–H groups in total. The van der Waals surface area contributed by atoms with Gasteiger partial charge in [0.1, 0.15) is 16.8 Å². The van der Waals surface area contributed by atoms with Crippen LogP contribution in [0.5, 0.6) is 0 Å². The van der Waals surface area contributed by atoms with Crippen LogP contribution in [-0.2, 0) is 11.1 Å². The molecule has 1 aromatic heterocycles. The van der Waals surface area contributed by atoms with E-state index in [1.165, 1.54) is 13.8 Å². The molecule has 2 aliphatic rings. The molecular formula is C20H25ClFN5OS. The summed E-state index contributed by atoms with van der Waals surface area (Å²) >= 11 is 1.56. The number of thioether (sulfide) groups is 1. The van der Waals surface area contributed by atoms with E-state index in [-0.39, 0.29) is 29.7 Å². The molecule has 1 aromatic carbocycles. The van der Waals surface area contributed by atoms with Crippen LogP contribution < -0.4 is 10.6 Å². The second kappa shape index (κ2) is 7.74. The number of aryl methyl sites for hydroxylation is 1. The molecule has 6 nitrogen and oxygen atoms in total. The highest BCUT2D eigenvalue weighted by Crippen LogP contribution is 2.46. The van der Waals surface area contributed by atoms with Crippen molar-refractivity contribution in [3.8, 4) is 0 Å². The van der Waals surface area contributed by atoms with Crippen molar-refractivity contribution in [2.75, 3.05) is 23.7 Å². The first-order valence-corrected chi connectivity index (χ1v) is 10.2. The van der Waals surface area contributed by atoms with Crippen LogP contribution in [0.25, 0.3) is 0 Å². The molecule has 0 bridgehead atoms. The molecule has 9 heteroatoms. The van der Waals surface area contributed by atoms with Crippen molar-refractivity contribution in [3.05, 3.63) is 53.1 Å². The monoisotopic (exact) mass is 437 g/mol. The molecule has 1 saturated heterocycles. The van der Waals surface area contributed by atoms with Gasteiger partial charge < -0.3 is 15.7 Å². The predicted molar refractivity (Wildman–Crippen MR) is 117 cm³/mol. The summed E-state index contributed by atoms with van der Waals surface area (Å²) in [5.41, 5.74) is 5.57. The van der Waals surface area contributed by atoms with E-state index in [9.17, 15) is 9.50 Å². The smallest absolute Gasteiger partial charge is 0.226 e. The summed E-state index contributed by atoms with van der Waals surface area (Å²) in [4.78, 5) is 15.7. The fourth-order valence-corrected chi connectivity index (χ4v) is 4.98. The summed E-state index contributed by atoms with van der Waals surface area (Å²) in [6.07, 6.45) is 0. The number of aliphatic imine (C=N–C) groups is 1. The molecule has 2 aliphatic heterocycles. The maximum absolute atomic E-state index is 14.5. The van der Waals surface area contributed by atoms with Gasteiger partial charge in [0.05, 0.1) is 12.2 Å². The van der Waals surface area contributed by atoms with Gasteiger partial charge in [0.15, 0.2) is 11.0 Å². The van der Waals surface area contributed by atoms with E-state index < -0.39 is 17.0 Å². The Balaban J connectivity index is 0.00000240. The topological polar surface area (TPSA) is 87.6 Å². The van der Waals surface area contributed by atoms with Gasteiger partial charge in [-0.15, -0.1) is 12.4 Å². The molecule has 0 amide bonds. The number of nitrogens with two attached hydrogens (primary N) is 1. The second-order valence-electron chi connectivity index (χ2n) is 7.96. The molecule has 4 rings (SSSR count). The van der Waals surface area contributed by atoms with E-state index in [0.29, 0.717) is 24.2 Å². The minimum atomic E-state index is -1.39. The van der Waals surface area contributed by atoms with Crippen molar-refractivity contribution >= 4 is 35.3 Å². The highest BCUT2D eigenvalue weighted by atomic mass is 35.5. The number of fused-ring (bicyclic) bond motifs is 1. The SMILES string of the molecule is Cc1nc(N2C[C@H]3CSC(N)=N[C@@]3(c3ccccc3)C2)nc(C(C)(C)O)c1F.Cl. The second-order valence-corrected chi connectivity index (χ2v) is 9.00. The van der Waals surface area contributed by atoms with Gasteiger partial charge in [-0.2, -0.15) is 0 Å². The van der Waals surface area contributed by atoms with Crippen molar-refractivity contribution in [2.24, 2.45) is 16.6 Å². The molecule has 0 saturated carbocycles. The van der Waals surface area contributed by atoms with Gasteiger partial charge in [-0.25, -0.2) is 19.4 Å². The number of rotatable bonds is 3. The Kier molecular flexibility index (Phi) is 5.82. The number of aliphatic hydroxyl groups is 1.